The zero-order chi connectivity index (χ0) is 25.5. The van der Waals surface area contributed by atoms with Gasteiger partial charge in [0, 0.05) is 5.56 Å². The molecule has 1 heterocycles. The van der Waals surface area contributed by atoms with Gasteiger partial charge in [0.25, 0.3) is 0 Å². The largest absolute Gasteiger partial charge is 0.465 e. The number of aromatic nitrogens is 1. The number of carbonyl (C=O) groups is 2. The molecule has 0 aliphatic carbocycles. The number of benzene rings is 2. The van der Waals surface area contributed by atoms with E-state index in [4.69, 9.17) is 10.5 Å². The van der Waals surface area contributed by atoms with E-state index in [1.54, 1.807) is 24.3 Å². The van der Waals surface area contributed by atoms with E-state index in [0.29, 0.717) is 22.7 Å². The average molecular weight is 486 g/mol. The Balaban J connectivity index is 1.91. The highest BCUT2D eigenvalue weighted by atomic mass is 32.2. The minimum Gasteiger partial charge on any atom is -0.465 e. The first-order valence-corrected chi connectivity index (χ1v) is 11.6. The molecule has 0 spiro atoms. The SMILES string of the molecule is COC(=O)c1ccccc1NC(=O)CSc1nc(N)c(C#N)c(-c2ccc(C(C)C)cc2)c1C#N. The highest BCUT2D eigenvalue weighted by Crippen LogP contribution is 2.36. The Morgan fingerprint density at radius 1 is 1.09 bits per heavy atom. The minimum absolute atomic E-state index is 0.0200. The van der Waals surface area contributed by atoms with Crippen LogP contribution in [0.15, 0.2) is 53.6 Å². The number of thioether (sulfide) groups is 1. The summed E-state index contributed by atoms with van der Waals surface area (Å²) >= 11 is 1.02. The molecule has 3 N–H and O–H groups in total. The van der Waals surface area contributed by atoms with Crippen molar-refractivity contribution in [3.8, 4) is 23.3 Å². The molecule has 3 rings (SSSR count). The van der Waals surface area contributed by atoms with Crippen molar-refractivity contribution in [1.82, 2.24) is 4.98 Å². The second-order valence-corrected chi connectivity index (χ2v) is 8.77. The average Bonchev–Trinajstić information content (AvgIpc) is 2.86. The molecule has 2 aromatic carbocycles. The van der Waals surface area contributed by atoms with Gasteiger partial charge in [0.2, 0.25) is 5.91 Å². The Bertz CT molecular complexity index is 1360. The lowest BCUT2D eigenvalue weighted by atomic mass is 9.94. The maximum Gasteiger partial charge on any atom is 0.339 e. The number of para-hydroxylation sites is 1. The number of nitrogens with one attached hydrogen (secondary N) is 1. The fraction of sp³-hybridized carbons (Fsp3) is 0.192. The van der Waals surface area contributed by atoms with Crippen LogP contribution in [0.2, 0.25) is 0 Å². The number of nitrogen functional groups attached to an aromatic ring is 1. The maximum atomic E-state index is 12.6. The Morgan fingerprint density at radius 3 is 2.34 bits per heavy atom. The fourth-order valence-electron chi connectivity index (χ4n) is 3.43. The van der Waals surface area contributed by atoms with Gasteiger partial charge in [0.15, 0.2) is 0 Å². The van der Waals surface area contributed by atoms with Gasteiger partial charge in [-0.15, -0.1) is 0 Å². The van der Waals surface area contributed by atoms with Crippen molar-refractivity contribution in [2.24, 2.45) is 0 Å². The zero-order valence-electron chi connectivity index (χ0n) is 19.5. The molecule has 0 unspecified atom stereocenters. The molecule has 0 aliphatic rings. The number of pyridine rings is 1. The van der Waals surface area contributed by atoms with Crippen LogP contribution in [-0.2, 0) is 9.53 Å². The number of ether oxygens (including phenoxy) is 1. The molecular weight excluding hydrogens is 462 g/mol. The molecule has 0 atom stereocenters. The molecule has 0 radical (unpaired) electrons. The van der Waals surface area contributed by atoms with E-state index in [1.165, 1.54) is 7.11 Å². The topological polar surface area (TPSA) is 142 Å². The van der Waals surface area contributed by atoms with Crippen molar-refractivity contribution in [2.75, 3.05) is 23.9 Å². The monoisotopic (exact) mass is 485 g/mol. The first-order valence-electron chi connectivity index (χ1n) is 10.6. The third-order valence-corrected chi connectivity index (χ3v) is 6.20. The van der Waals surface area contributed by atoms with Crippen molar-refractivity contribution < 1.29 is 14.3 Å². The van der Waals surface area contributed by atoms with Gasteiger partial charge in [-0.2, -0.15) is 10.5 Å². The molecular formula is C26H23N5O3S. The van der Waals surface area contributed by atoms with E-state index < -0.39 is 11.9 Å². The van der Waals surface area contributed by atoms with E-state index in [2.05, 4.69) is 36.3 Å². The van der Waals surface area contributed by atoms with E-state index >= 15 is 0 Å². The normalized spacial score (nSPS) is 10.3. The summed E-state index contributed by atoms with van der Waals surface area (Å²) in [6.45, 7) is 4.15. The van der Waals surface area contributed by atoms with E-state index in [0.717, 1.165) is 17.3 Å². The van der Waals surface area contributed by atoms with Crippen LogP contribution < -0.4 is 11.1 Å². The Labute approximate surface area is 207 Å². The number of anilines is 2. The van der Waals surface area contributed by atoms with Gasteiger partial charge < -0.3 is 15.8 Å². The van der Waals surface area contributed by atoms with Crippen LogP contribution in [0.5, 0.6) is 0 Å². The molecule has 35 heavy (non-hydrogen) atoms. The quantitative estimate of drug-likeness (QED) is 0.362. The van der Waals surface area contributed by atoms with E-state index in [9.17, 15) is 20.1 Å². The zero-order valence-corrected chi connectivity index (χ0v) is 20.3. The first kappa shape index (κ1) is 25.3. The van der Waals surface area contributed by atoms with Crippen molar-refractivity contribution in [3.63, 3.8) is 0 Å². The second kappa shape index (κ2) is 11.2. The lowest BCUT2D eigenvalue weighted by Crippen LogP contribution is -2.17. The number of nitrogens with two attached hydrogens (primary N) is 1. The van der Waals surface area contributed by atoms with E-state index in [-0.39, 0.29) is 33.3 Å². The van der Waals surface area contributed by atoms with Gasteiger partial charge in [0.1, 0.15) is 28.5 Å². The van der Waals surface area contributed by atoms with Gasteiger partial charge in [-0.05, 0) is 29.2 Å². The number of carbonyl (C=O) groups excluding carboxylic acids is 2. The highest BCUT2D eigenvalue weighted by Gasteiger charge is 2.22. The number of nitriles is 2. The van der Waals surface area contributed by atoms with Crippen LogP contribution >= 0.6 is 11.8 Å². The van der Waals surface area contributed by atoms with Crippen LogP contribution in [0.3, 0.4) is 0 Å². The summed E-state index contributed by atoms with van der Waals surface area (Å²) in [6.07, 6.45) is 0. The van der Waals surface area contributed by atoms with Gasteiger partial charge in [-0.3, -0.25) is 4.79 Å². The number of hydrogen-bond acceptors (Lipinski definition) is 8. The predicted molar refractivity (Wildman–Crippen MR) is 135 cm³/mol. The summed E-state index contributed by atoms with van der Waals surface area (Å²) in [5, 5.41) is 22.6. The molecule has 9 heteroatoms. The molecule has 176 valence electrons. The third-order valence-electron chi connectivity index (χ3n) is 5.23. The molecule has 3 aromatic rings. The van der Waals surface area contributed by atoms with Crippen LogP contribution in [0.25, 0.3) is 11.1 Å². The van der Waals surface area contributed by atoms with Crippen molar-refractivity contribution >= 4 is 35.1 Å². The smallest absolute Gasteiger partial charge is 0.339 e. The summed E-state index contributed by atoms with van der Waals surface area (Å²) in [5.74, 6) is -0.786. The highest BCUT2D eigenvalue weighted by molar-refractivity contribution is 8.00. The summed E-state index contributed by atoms with van der Waals surface area (Å²) in [4.78, 5) is 28.8. The molecule has 0 bridgehead atoms. The van der Waals surface area contributed by atoms with Gasteiger partial charge in [-0.1, -0.05) is 62.0 Å². The molecule has 0 fully saturated rings. The van der Waals surface area contributed by atoms with Crippen LogP contribution in [-0.4, -0.2) is 29.7 Å². The first-order chi connectivity index (χ1) is 16.8. The third kappa shape index (κ3) is 5.60. The molecule has 8 nitrogen and oxygen atoms in total. The standard InChI is InChI=1S/C26H23N5O3S/c1-15(2)16-8-10-17(11-9-16)23-19(12-27)24(29)31-25(20(23)13-28)35-14-22(32)30-21-7-5-4-6-18(21)26(33)34-3/h4-11,15H,14H2,1-3H3,(H2,29,31)(H,30,32). The Morgan fingerprint density at radius 2 is 1.74 bits per heavy atom. The van der Waals surface area contributed by atoms with Crippen molar-refractivity contribution in [1.29, 1.82) is 10.5 Å². The Kier molecular flexibility index (Phi) is 8.08. The number of nitrogens with zero attached hydrogens (tertiary/aromatic N) is 3. The lowest BCUT2D eigenvalue weighted by molar-refractivity contribution is -0.113. The van der Waals surface area contributed by atoms with Crippen LogP contribution in [0, 0.1) is 22.7 Å². The maximum absolute atomic E-state index is 12.6. The molecule has 1 amide bonds. The minimum atomic E-state index is -0.574. The molecule has 0 aliphatic heterocycles. The van der Waals surface area contributed by atoms with Crippen LogP contribution in [0.1, 0.15) is 46.8 Å². The summed E-state index contributed by atoms with van der Waals surface area (Å²) < 4.78 is 4.75. The fourth-order valence-corrected chi connectivity index (χ4v) is 4.22. The van der Waals surface area contributed by atoms with Gasteiger partial charge in [-0.25, -0.2) is 9.78 Å². The van der Waals surface area contributed by atoms with E-state index in [1.807, 2.05) is 24.3 Å². The summed E-state index contributed by atoms with van der Waals surface area (Å²) in [7, 11) is 1.26. The predicted octanol–water partition coefficient (Wildman–Crippen LogP) is 4.71. The number of hydrogen-bond donors (Lipinski definition) is 2. The van der Waals surface area contributed by atoms with Crippen molar-refractivity contribution in [3.05, 3.63) is 70.8 Å². The molecule has 0 saturated heterocycles. The number of amides is 1. The molecule has 0 saturated carbocycles. The second-order valence-electron chi connectivity index (χ2n) is 7.80. The van der Waals surface area contributed by atoms with Crippen LogP contribution in [0.4, 0.5) is 11.5 Å². The number of esters is 1. The number of rotatable bonds is 7. The number of methoxy groups -OCH3 is 1. The molecule has 1 aromatic heterocycles. The Hall–Kier alpha value is -4.34. The lowest BCUT2D eigenvalue weighted by Gasteiger charge is -2.14. The summed E-state index contributed by atoms with van der Waals surface area (Å²) in [5.41, 5.74) is 9.04. The van der Waals surface area contributed by atoms with Gasteiger partial charge in [0.05, 0.1) is 29.7 Å². The summed E-state index contributed by atoms with van der Waals surface area (Å²) in [6, 6.07) is 18.2. The van der Waals surface area contributed by atoms with Crippen molar-refractivity contribution in [2.45, 2.75) is 24.8 Å². The van der Waals surface area contributed by atoms with Gasteiger partial charge >= 0.3 is 5.97 Å².